The molecule has 7 nitrogen and oxygen atoms in total. The average molecular weight is 395 g/mol. The van der Waals surface area contributed by atoms with Crippen molar-refractivity contribution in [3.63, 3.8) is 0 Å². The van der Waals surface area contributed by atoms with Gasteiger partial charge in [-0.1, -0.05) is 0 Å². The van der Waals surface area contributed by atoms with Gasteiger partial charge in [-0.15, -0.1) is 0 Å². The van der Waals surface area contributed by atoms with Gasteiger partial charge in [0.25, 0.3) is 0 Å². The fourth-order valence-corrected chi connectivity index (χ4v) is 2.39. The maximum atomic E-state index is 12.5. The summed E-state index contributed by atoms with van der Waals surface area (Å²) < 4.78 is 0.152. The molecule has 127 valence electrons. The van der Waals surface area contributed by atoms with Crippen LogP contribution in [0.3, 0.4) is 0 Å². The van der Waals surface area contributed by atoms with E-state index in [0.717, 1.165) is 30.2 Å². The van der Waals surface area contributed by atoms with Crippen LogP contribution in [0, 0.1) is 10.1 Å². The standard InChI is InChI=1S/C16H18N3O4Se/c1-3-5-6-11-17-16(24)18(14(20)4-2)15(21)12-7-9-13(10-8-12)19(22)23/h4,7-10H,2-3,5-6,11H2,1H3. The molecule has 0 aliphatic carbocycles. The molecule has 0 spiro atoms. The first-order valence-electron chi connectivity index (χ1n) is 7.39. The zero-order valence-corrected chi connectivity index (χ0v) is 15.0. The summed E-state index contributed by atoms with van der Waals surface area (Å²) in [4.78, 5) is 39.7. The molecule has 0 saturated carbocycles. The van der Waals surface area contributed by atoms with Gasteiger partial charge in [0.1, 0.15) is 0 Å². The molecule has 0 unspecified atom stereocenters. The molecule has 24 heavy (non-hydrogen) atoms. The van der Waals surface area contributed by atoms with Crippen LogP contribution < -0.4 is 0 Å². The van der Waals surface area contributed by atoms with Gasteiger partial charge in [-0.3, -0.25) is 0 Å². The molecule has 0 heterocycles. The van der Waals surface area contributed by atoms with Crippen molar-refractivity contribution in [2.45, 2.75) is 26.2 Å². The van der Waals surface area contributed by atoms with Gasteiger partial charge in [0.15, 0.2) is 0 Å². The molecule has 0 bridgehead atoms. The van der Waals surface area contributed by atoms with Crippen molar-refractivity contribution in [3.05, 3.63) is 52.6 Å². The van der Waals surface area contributed by atoms with Crippen LogP contribution in [-0.2, 0) is 4.79 Å². The third kappa shape index (κ3) is 5.40. The third-order valence-electron chi connectivity index (χ3n) is 3.12. The van der Waals surface area contributed by atoms with E-state index in [1.165, 1.54) is 24.3 Å². The molecule has 0 fully saturated rings. The van der Waals surface area contributed by atoms with E-state index in [0.29, 0.717) is 6.54 Å². The summed E-state index contributed by atoms with van der Waals surface area (Å²) in [5.41, 5.74) is 0.0111. The van der Waals surface area contributed by atoms with Crippen LogP contribution in [0.2, 0.25) is 0 Å². The normalized spacial score (nSPS) is 11.0. The number of aliphatic imine (C=N–C) groups is 1. The van der Waals surface area contributed by atoms with E-state index in [2.05, 4.69) is 34.5 Å². The Morgan fingerprint density at radius 2 is 1.96 bits per heavy atom. The predicted octanol–water partition coefficient (Wildman–Crippen LogP) is 2.46. The van der Waals surface area contributed by atoms with Gasteiger partial charge >= 0.3 is 148 Å². The number of rotatable bonds is 7. The second-order valence-corrected chi connectivity index (χ2v) is 5.62. The van der Waals surface area contributed by atoms with Crippen LogP contribution in [0.25, 0.3) is 0 Å². The summed E-state index contributed by atoms with van der Waals surface area (Å²) in [6, 6.07) is 5.02. The fourth-order valence-electron chi connectivity index (χ4n) is 1.83. The Morgan fingerprint density at radius 1 is 1.33 bits per heavy atom. The minimum absolute atomic E-state index is 0.135. The zero-order chi connectivity index (χ0) is 18.1. The summed E-state index contributed by atoms with van der Waals surface area (Å²) >= 11 is 2.63. The van der Waals surface area contributed by atoms with Crippen LogP contribution in [0.15, 0.2) is 41.9 Å². The summed E-state index contributed by atoms with van der Waals surface area (Å²) in [7, 11) is 0. The van der Waals surface area contributed by atoms with E-state index in [1.807, 2.05) is 0 Å². The number of amidine groups is 1. The van der Waals surface area contributed by atoms with Gasteiger partial charge in [0, 0.05) is 0 Å². The topological polar surface area (TPSA) is 92.9 Å². The molecule has 1 radical (unpaired) electrons. The van der Waals surface area contributed by atoms with Crippen molar-refractivity contribution >= 4 is 38.2 Å². The molecule has 8 heteroatoms. The molecule has 0 aromatic heterocycles. The molecule has 0 atom stereocenters. The number of hydrogen-bond donors (Lipinski definition) is 0. The SMILES string of the molecule is C=CC(=O)N(C(=O)c1ccc([N+](=O)[O-])cc1)C([Se])=NCCCCC. The predicted molar refractivity (Wildman–Crippen MR) is 92.1 cm³/mol. The molecule has 0 aliphatic heterocycles. The number of hydrogen-bond acceptors (Lipinski definition) is 5. The second-order valence-electron chi connectivity index (χ2n) is 4.86. The Kier molecular flexibility index (Phi) is 8.01. The van der Waals surface area contributed by atoms with E-state index in [4.69, 9.17) is 0 Å². The number of carbonyl (C=O) groups excluding carboxylic acids is 2. The van der Waals surface area contributed by atoms with Crippen molar-refractivity contribution in [3.8, 4) is 0 Å². The van der Waals surface area contributed by atoms with Gasteiger partial charge in [-0.2, -0.15) is 0 Å². The number of benzene rings is 1. The van der Waals surface area contributed by atoms with Gasteiger partial charge < -0.3 is 0 Å². The number of imide groups is 1. The molecule has 1 rings (SSSR count). The molecule has 2 amide bonds. The Hall–Kier alpha value is -2.31. The van der Waals surface area contributed by atoms with Crippen LogP contribution in [0.4, 0.5) is 5.69 Å². The number of nitrogens with zero attached hydrogens (tertiary/aromatic N) is 3. The second kappa shape index (κ2) is 9.74. The number of unbranched alkanes of at least 4 members (excludes halogenated alkanes) is 2. The zero-order valence-electron chi connectivity index (χ0n) is 13.3. The van der Waals surface area contributed by atoms with Gasteiger partial charge in [-0.25, -0.2) is 0 Å². The number of nitro groups is 1. The molecule has 1 aromatic rings. The molecule has 0 N–H and O–H groups in total. The third-order valence-corrected chi connectivity index (χ3v) is 3.78. The Labute approximate surface area is 148 Å². The maximum absolute atomic E-state index is 12.5. The average Bonchev–Trinajstić information content (AvgIpc) is 2.58. The van der Waals surface area contributed by atoms with Gasteiger partial charge in [0.05, 0.1) is 0 Å². The monoisotopic (exact) mass is 396 g/mol. The Morgan fingerprint density at radius 3 is 2.46 bits per heavy atom. The van der Waals surface area contributed by atoms with Crippen molar-refractivity contribution < 1.29 is 14.5 Å². The van der Waals surface area contributed by atoms with E-state index in [1.54, 1.807) is 0 Å². The first-order chi connectivity index (χ1) is 11.4. The molecular weight excluding hydrogens is 377 g/mol. The summed E-state index contributed by atoms with van der Waals surface area (Å²) in [5, 5.41) is 10.7. The van der Waals surface area contributed by atoms with Crippen molar-refractivity contribution in [2.75, 3.05) is 6.54 Å². The van der Waals surface area contributed by atoms with E-state index < -0.39 is 16.7 Å². The minimum atomic E-state index is -0.622. The quantitative estimate of drug-likeness (QED) is 0.135. The Balaban J connectivity index is 3.02. The summed E-state index contributed by atoms with van der Waals surface area (Å²) in [6.45, 7) is 5.94. The first kappa shape index (κ1) is 19.7. The summed E-state index contributed by atoms with van der Waals surface area (Å²) in [6.07, 6.45) is 3.91. The number of non-ortho nitro benzene ring substituents is 1. The van der Waals surface area contributed by atoms with Crippen LogP contribution >= 0.6 is 0 Å². The fraction of sp³-hybridized carbons (Fsp3) is 0.312. The molecular formula is C16H18N3O4Se. The van der Waals surface area contributed by atoms with Crippen molar-refractivity contribution in [2.24, 2.45) is 4.99 Å². The van der Waals surface area contributed by atoms with E-state index >= 15 is 0 Å². The number of carbonyl (C=O) groups is 2. The molecule has 0 aliphatic rings. The van der Waals surface area contributed by atoms with Gasteiger partial charge in [0.2, 0.25) is 0 Å². The van der Waals surface area contributed by atoms with Gasteiger partial charge in [-0.05, 0) is 0 Å². The van der Waals surface area contributed by atoms with E-state index in [-0.39, 0.29) is 16.0 Å². The number of amides is 2. The van der Waals surface area contributed by atoms with Crippen LogP contribution in [0.1, 0.15) is 36.5 Å². The first-order valence-corrected chi connectivity index (χ1v) is 8.24. The van der Waals surface area contributed by atoms with Crippen molar-refractivity contribution in [1.82, 2.24) is 4.90 Å². The van der Waals surface area contributed by atoms with Crippen LogP contribution in [-0.4, -0.2) is 48.9 Å². The van der Waals surface area contributed by atoms with Crippen LogP contribution in [0.5, 0.6) is 0 Å². The molecule has 0 saturated heterocycles. The summed E-state index contributed by atoms with van der Waals surface area (Å²) in [5.74, 6) is -1.24. The van der Waals surface area contributed by atoms with Crippen molar-refractivity contribution in [1.29, 1.82) is 0 Å². The Bertz CT molecular complexity index is 656. The number of nitro benzene ring substituents is 1. The van der Waals surface area contributed by atoms with E-state index in [9.17, 15) is 19.7 Å². The molecule has 1 aromatic carbocycles.